The van der Waals surface area contributed by atoms with Crippen molar-refractivity contribution < 1.29 is 10.2 Å². The molecule has 0 spiro atoms. The second-order valence-electron chi connectivity index (χ2n) is 3.55. The second-order valence-corrected chi connectivity index (χ2v) is 3.55. The average molecular weight is 156 g/mol. The first-order valence-electron chi connectivity index (χ1n) is 4.09. The first-order chi connectivity index (χ1) is 5.10. The molecule has 0 saturated heterocycles. The van der Waals surface area contributed by atoms with Crippen molar-refractivity contribution in [3.05, 3.63) is 12.2 Å². The minimum atomic E-state index is -0.869. The van der Waals surface area contributed by atoms with Crippen LogP contribution in [-0.4, -0.2) is 22.4 Å². The predicted molar refractivity (Wildman–Crippen MR) is 44.2 cm³/mol. The number of rotatable bonds is 2. The standard InChI is InChI=1S/C9H16O2/c1-7(2)8-4-3-5-9(8,11)6-10/h8,10-11H,1,3-6H2,2H3/t8-,9+/m0/s1. The van der Waals surface area contributed by atoms with Gasteiger partial charge in [0.25, 0.3) is 0 Å². The molecule has 0 aliphatic heterocycles. The molecule has 2 nitrogen and oxygen atoms in total. The van der Waals surface area contributed by atoms with E-state index in [1.807, 2.05) is 6.92 Å². The smallest absolute Gasteiger partial charge is 0.0941 e. The highest BCUT2D eigenvalue weighted by atomic mass is 16.3. The maximum absolute atomic E-state index is 9.82. The van der Waals surface area contributed by atoms with E-state index in [4.69, 9.17) is 5.11 Å². The summed E-state index contributed by atoms with van der Waals surface area (Å²) in [5.41, 5.74) is 0.116. The lowest BCUT2D eigenvalue weighted by molar-refractivity contribution is -0.0339. The SMILES string of the molecule is C=C(C)[C@@H]1CCC[C@@]1(O)CO. The Balaban J connectivity index is 2.72. The molecule has 0 aromatic rings. The molecule has 2 N–H and O–H groups in total. The van der Waals surface area contributed by atoms with Crippen LogP contribution in [0.3, 0.4) is 0 Å². The van der Waals surface area contributed by atoms with Crippen molar-refractivity contribution in [3.63, 3.8) is 0 Å². The Labute approximate surface area is 67.6 Å². The molecule has 0 aromatic carbocycles. The fraction of sp³-hybridized carbons (Fsp3) is 0.778. The van der Waals surface area contributed by atoms with Crippen molar-refractivity contribution in [3.8, 4) is 0 Å². The molecule has 1 fully saturated rings. The lowest BCUT2D eigenvalue weighted by atomic mass is 9.87. The third-order valence-electron chi connectivity index (χ3n) is 2.62. The molecule has 2 atom stereocenters. The zero-order valence-electron chi connectivity index (χ0n) is 7.01. The van der Waals surface area contributed by atoms with Gasteiger partial charge in [0.1, 0.15) is 0 Å². The molecule has 1 rings (SSSR count). The van der Waals surface area contributed by atoms with Gasteiger partial charge in [-0.05, 0) is 26.2 Å². The van der Waals surface area contributed by atoms with Gasteiger partial charge in [0.05, 0.1) is 12.2 Å². The molecule has 1 aliphatic rings. The Hall–Kier alpha value is -0.340. The predicted octanol–water partition coefficient (Wildman–Crippen LogP) is 1.09. The van der Waals surface area contributed by atoms with Crippen LogP contribution in [0.25, 0.3) is 0 Å². The molecular formula is C9H16O2. The van der Waals surface area contributed by atoms with Gasteiger partial charge in [0, 0.05) is 5.92 Å². The van der Waals surface area contributed by atoms with E-state index >= 15 is 0 Å². The fourth-order valence-electron chi connectivity index (χ4n) is 1.95. The van der Waals surface area contributed by atoms with E-state index in [2.05, 4.69) is 6.58 Å². The highest BCUT2D eigenvalue weighted by Gasteiger charge is 2.40. The van der Waals surface area contributed by atoms with Crippen molar-refractivity contribution in [2.45, 2.75) is 31.8 Å². The van der Waals surface area contributed by atoms with Crippen LogP contribution in [0.4, 0.5) is 0 Å². The van der Waals surface area contributed by atoms with Crippen LogP contribution < -0.4 is 0 Å². The summed E-state index contributed by atoms with van der Waals surface area (Å²) >= 11 is 0. The van der Waals surface area contributed by atoms with Crippen LogP contribution >= 0.6 is 0 Å². The van der Waals surface area contributed by atoms with Crippen molar-refractivity contribution in [1.29, 1.82) is 0 Å². The minimum Gasteiger partial charge on any atom is -0.393 e. The third-order valence-corrected chi connectivity index (χ3v) is 2.62. The van der Waals surface area contributed by atoms with Crippen LogP contribution in [0.1, 0.15) is 26.2 Å². The molecule has 11 heavy (non-hydrogen) atoms. The van der Waals surface area contributed by atoms with E-state index < -0.39 is 5.60 Å². The van der Waals surface area contributed by atoms with Gasteiger partial charge >= 0.3 is 0 Å². The van der Waals surface area contributed by atoms with E-state index in [1.54, 1.807) is 0 Å². The molecule has 1 aliphatic carbocycles. The van der Waals surface area contributed by atoms with Crippen molar-refractivity contribution >= 4 is 0 Å². The topological polar surface area (TPSA) is 40.5 Å². The van der Waals surface area contributed by atoms with Gasteiger partial charge in [0.2, 0.25) is 0 Å². The zero-order chi connectivity index (χ0) is 8.48. The Kier molecular flexibility index (Phi) is 2.35. The van der Waals surface area contributed by atoms with Gasteiger partial charge in [0.15, 0.2) is 0 Å². The molecule has 0 aromatic heterocycles. The monoisotopic (exact) mass is 156 g/mol. The number of hydrogen-bond acceptors (Lipinski definition) is 2. The lowest BCUT2D eigenvalue weighted by Gasteiger charge is -2.28. The van der Waals surface area contributed by atoms with Gasteiger partial charge < -0.3 is 10.2 Å². The normalized spacial score (nSPS) is 37.5. The Morgan fingerprint density at radius 2 is 2.36 bits per heavy atom. The summed E-state index contributed by atoms with van der Waals surface area (Å²) in [4.78, 5) is 0. The van der Waals surface area contributed by atoms with E-state index in [9.17, 15) is 5.11 Å². The van der Waals surface area contributed by atoms with Crippen LogP contribution in [0.2, 0.25) is 0 Å². The largest absolute Gasteiger partial charge is 0.393 e. The quantitative estimate of drug-likeness (QED) is 0.587. The van der Waals surface area contributed by atoms with Gasteiger partial charge in [-0.25, -0.2) is 0 Å². The van der Waals surface area contributed by atoms with E-state index in [0.717, 1.165) is 18.4 Å². The van der Waals surface area contributed by atoms with Crippen molar-refractivity contribution in [2.24, 2.45) is 5.92 Å². The van der Waals surface area contributed by atoms with Gasteiger partial charge in [-0.2, -0.15) is 0 Å². The van der Waals surface area contributed by atoms with E-state index in [0.29, 0.717) is 6.42 Å². The number of aliphatic hydroxyl groups is 2. The summed E-state index contributed by atoms with van der Waals surface area (Å²) in [6.45, 7) is 5.59. The molecule has 0 heterocycles. The van der Waals surface area contributed by atoms with E-state index in [1.165, 1.54) is 0 Å². The summed E-state index contributed by atoms with van der Waals surface area (Å²) < 4.78 is 0. The maximum Gasteiger partial charge on any atom is 0.0941 e. The minimum absolute atomic E-state index is 0.104. The summed E-state index contributed by atoms with van der Waals surface area (Å²) in [5.74, 6) is 0.104. The third kappa shape index (κ3) is 1.47. The molecule has 0 radical (unpaired) electrons. The second kappa shape index (κ2) is 2.95. The lowest BCUT2D eigenvalue weighted by Crippen LogP contribution is -2.37. The molecule has 0 bridgehead atoms. The van der Waals surface area contributed by atoms with Crippen LogP contribution in [0.15, 0.2) is 12.2 Å². The van der Waals surface area contributed by atoms with Crippen molar-refractivity contribution in [2.75, 3.05) is 6.61 Å². The summed E-state index contributed by atoms with van der Waals surface area (Å²) in [6.07, 6.45) is 2.67. The number of aliphatic hydroxyl groups excluding tert-OH is 1. The molecule has 64 valence electrons. The highest BCUT2D eigenvalue weighted by Crippen LogP contribution is 2.38. The molecule has 0 amide bonds. The van der Waals surface area contributed by atoms with Gasteiger partial charge in [-0.15, -0.1) is 0 Å². The molecular weight excluding hydrogens is 140 g/mol. The number of hydrogen-bond donors (Lipinski definition) is 2. The van der Waals surface area contributed by atoms with Gasteiger partial charge in [-0.3, -0.25) is 0 Å². The van der Waals surface area contributed by atoms with Gasteiger partial charge in [-0.1, -0.05) is 12.2 Å². The van der Waals surface area contributed by atoms with Crippen LogP contribution in [-0.2, 0) is 0 Å². The first kappa shape index (κ1) is 8.75. The maximum atomic E-state index is 9.82. The van der Waals surface area contributed by atoms with E-state index in [-0.39, 0.29) is 12.5 Å². The molecule has 0 unspecified atom stereocenters. The highest BCUT2D eigenvalue weighted by molar-refractivity contribution is 5.08. The Morgan fingerprint density at radius 1 is 1.73 bits per heavy atom. The zero-order valence-corrected chi connectivity index (χ0v) is 7.01. The Morgan fingerprint density at radius 3 is 2.73 bits per heavy atom. The molecule has 1 saturated carbocycles. The summed E-state index contributed by atoms with van der Waals surface area (Å²) in [5, 5.41) is 18.8. The summed E-state index contributed by atoms with van der Waals surface area (Å²) in [6, 6.07) is 0. The summed E-state index contributed by atoms with van der Waals surface area (Å²) in [7, 11) is 0. The Bertz CT molecular complexity index is 165. The van der Waals surface area contributed by atoms with Crippen LogP contribution in [0, 0.1) is 5.92 Å². The average Bonchev–Trinajstić information content (AvgIpc) is 2.32. The first-order valence-corrected chi connectivity index (χ1v) is 4.09. The fourth-order valence-corrected chi connectivity index (χ4v) is 1.95. The van der Waals surface area contributed by atoms with Crippen LogP contribution in [0.5, 0.6) is 0 Å². The van der Waals surface area contributed by atoms with Crippen molar-refractivity contribution in [1.82, 2.24) is 0 Å². The molecule has 2 heteroatoms.